The van der Waals surface area contributed by atoms with Crippen LogP contribution in [0, 0.1) is 25.7 Å². The fraction of sp³-hybridized carbons (Fsp3) is 0.667. The number of nitrogens with zero attached hydrogens (tertiary/aromatic N) is 2. The Kier molecular flexibility index (Phi) is 5.52. The van der Waals surface area contributed by atoms with Crippen molar-refractivity contribution < 1.29 is 27.6 Å². The third-order valence-corrected chi connectivity index (χ3v) is 6.04. The lowest BCUT2D eigenvalue weighted by atomic mass is 9.90. The van der Waals surface area contributed by atoms with Gasteiger partial charge in [0, 0.05) is 13.1 Å². The highest BCUT2D eigenvalue weighted by Gasteiger charge is 2.35. The van der Waals surface area contributed by atoms with Crippen molar-refractivity contribution in [3.8, 4) is 0 Å². The van der Waals surface area contributed by atoms with E-state index in [2.05, 4.69) is 9.88 Å². The van der Waals surface area contributed by atoms with Crippen molar-refractivity contribution in [1.29, 1.82) is 0 Å². The molecule has 0 bridgehead atoms. The number of hydrogen-bond donors (Lipinski definition) is 2. The molecular formula is C15H23N3O6S. The van der Waals surface area contributed by atoms with Crippen LogP contribution >= 0.6 is 0 Å². The lowest BCUT2D eigenvalue weighted by molar-refractivity contribution is -0.147. The molecule has 0 aromatic carbocycles. The quantitative estimate of drug-likeness (QED) is 0.770. The molecule has 140 valence electrons. The second kappa shape index (κ2) is 7.12. The summed E-state index contributed by atoms with van der Waals surface area (Å²) in [6, 6.07) is -1.03. The molecule has 1 aliphatic rings. The molecule has 2 N–H and O–H groups in total. The highest BCUT2D eigenvalue weighted by molar-refractivity contribution is 7.89. The predicted octanol–water partition coefficient (Wildman–Crippen LogP) is 0.527. The number of carbonyl (C=O) groups excluding carboxylic acids is 1. The monoisotopic (exact) mass is 373 g/mol. The van der Waals surface area contributed by atoms with Crippen LogP contribution in [0.4, 0.5) is 0 Å². The minimum Gasteiger partial charge on any atom is -0.481 e. The topological polar surface area (TPSA) is 130 Å². The van der Waals surface area contributed by atoms with E-state index in [9.17, 15) is 23.1 Å². The third-order valence-electron chi connectivity index (χ3n) is 4.26. The number of carboxylic acids is 1. The van der Waals surface area contributed by atoms with E-state index in [1.54, 1.807) is 0 Å². The maximum Gasteiger partial charge on any atom is 0.308 e. The molecule has 1 amide bonds. The molecule has 2 heterocycles. The van der Waals surface area contributed by atoms with Crippen LogP contribution in [-0.2, 0) is 19.6 Å². The van der Waals surface area contributed by atoms with Crippen LogP contribution in [0.3, 0.4) is 0 Å². The molecule has 25 heavy (non-hydrogen) atoms. The first-order valence-electron chi connectivity index (χ1n) is 7.99. The van der Waals surface area contributed by atoms with Gasteiger partial charge < -0.3 is 14.5 Å². The number of aromatic nitrogens is 1. The van der Waals surface area contributed by atoms with Crippen molar-refractivity contribution in [2.45, 2.75) is 45.1 Å². The minimum atomic E-state index is -3.97. The molecule has 1 aromatic rings. The van der Waals surface area contributed by atoms with E-state index in [-0.39, 0.29) is 28.8 Å². The fourth-order valence-corrected chi connectivity index (χ4v) is 4.71. The molecule has 0 saturated carbocycles. The van der Waals surface area contributed by atoms with Gasteiger partial charge in [0.15, 0.2) is 5.76 Å². The number of carboxylic acid groups (broad SMARTS) is 1. The van der Waals surface area contributed by atoms with Crippen LogP contribution in [0.25, 0.3) is 0 Å². The second-order valence-electron chi connectivity index (χ2n) is 6.62. The number of piperidine rings is 1. The Morgan fingerprint density at radius 3 is 2.52 bits per heavy atom. The number of amides is 1. The molecule has 1 aromatic heterocycles. The summed E-state index contributed by atoms with van der Waals surface area (Å²) in [4.78, 5) is 25.2. The second-order valence-corrected chi connectivity index (χ2v) is 8.27. The van der Waals surface area contributed by atoms with Crippen LogP contribution in [-0.4, -0.2) is 54.6 Å². The van der Waals surface area contributed by atoms with Crippen molar-refractivity contribution in [2.24, 2.45) is 11.8 Å². The van der Waals surface area contributed by atoms with Gasteiger partial charge in [-0.25, -0.2) is 8.42 Å². The lowest BCUT2D eigenvalue weighted by Crippen LogP contribution is -2.52. The van der Waals surface area contributed by atoms with Crippen LogP contribution in [0.5, 0.6) is 0 Å². The Hall–Kier alpha value is -1.94. The fourth-order valence-electron chi connectivity index (χ4n) is 3.18. The van der Waals surface area contributed by atoms with E-state index < -0.39 is 33.9 Å². The van der Waals surface area contributed by atoms with E-state index in [0.29, 0.717) is 13.0 Å². The van der Waals surface area contributed by atoms with E-state index in [4.69, 9.17) is 4.52 Å². The molecule has 1 aliphatic heterocycles. The third kappa shape index (κ3) is 4.18. The molecule has 3 unspecified atom stereocenters. The molecule has 1 fully saturated rings. The summed E-state index contributed by atoms with van der Waals surface area (Å²) in [5, 5.41) is 12.8. The predicted molar refractivity (Wildman–Crippen MR) is 87.2 cm³/mol. The zero-order valence-corrected chi connectivity index (χ0v) is 15.5. The summed E-state index contributed by atoms with van der Waals surface area (Å²) in [5.74, 6) is -1.87. The molecular weight excluding hydrogens is 350 g/mol. The highest BCUT2D eigenvalue weighted by atomic mass is 32.2. The summed E-state index contributed by atoms with van der Waals surface area (Å²) >= 11 is 0. The number of sulfonamides is 1. The van der Waals surface area contributed by atoms with Crippen molar-refractivity contribution >= 4 is 21.9 Å². The van der Waals surface area contributed by atoms with E-state index in [1.807, 2.05) is 6.92 Å². The van der Waals surface area contributed by atoms with Crippen LogP contribution in [0.2, 0.25) is 0 Å². The van der Waals surface area contributed by atoms with Gasteiger partial charge in [0.1, 0.15) is 10.6 Å². The van der Waals surface area contributed by atoms with Crippen molar-refractivity contribution in [1.82, 2.24) is 14.8 Å². The summed E-state index contributed by atoms with van der Waals surface area (Å²) in [6.45, 7) is 6.77. The Bertz CT molecular complexity index is 753. The van der Waals surface area contributed by atoms with Gasteiger partial charge in [0.2, 0.25) is 15.9 Å². The average Bonchev–Trinajstić information content (AvgIpc) is 2.84. The minimum absolute atomic E-state index is 0.0326. The first-order chi connectivity index (χ1) is 11.5. The van der Waals surface area contributed by atoms with Gasteiger partial charge in [-0.3, -0.25) is 9.59 Å². The highest BCUT2D eigenvalue weighted by Crippen LogP contribution is 2.23. The average molecular weight is 373 g/mol. The molecule has 2 rings (SSSR count). The number of aryl methyl sites for hydroxylation is 2. The lowest BCUT2D eigenvalue weighted by Gasteiger charge is -2.36. The summed E-state index contributed by atoms with van der Waals surface area (Å²) < 4.78 is 32.2. The first kappa shape index (κ1) is 19.4. The Balaban J connectivity index is 2.13. The largest absolute Gasteiger partial charge is 0.481 e. The van der Waals surface area contributed by atoms with Gasteiger partial charge in [0.05, 0.1) is 12.0 Å². The maximum absolute atomic E-state index is 12.6. The van der Waals surface area contributed by atoms with E-state index in [0.717, 1.165) is 0 Å². The zero-order chi connectivity index (χ0) is 18.9. The first-order valence-corrected chi connectivity index (χ1v) is 9.48. The molecule has 0 spiro atoms. The Morgan fingerprint density at radius 2 is 2.00 bits per heavy atom. The standard InChI is InChI=1S/C15H23N3O6S/c1-8-5-12(15(20)21)7-18(6-8)14(19)10(3)17-25(22,23)13-9(2)16-24-11(13)4/h8,10,12,17H,5-7H2,1-4H3,(H,20,21). The van der Waals surface area contributed by atoms with Gasteiger partial charge in [-0.15, -0.1) is 0 Å². The van der Waals surface area contributed by atoms with Gasteiger partial charge in [-0.2, -0.15) is 4.72 Å². The summed E-state index contributed by atoms with van der Waals surface area (Å²) in [5.41, 5.74) is 0.210. The molecule has 3 atom stereocenters. The SMILES string of the molecule is Cc1noc(C)c1S(=O)(=O)NC(C)C(=O)N1CC(C)CC(C(=O)O)C1. The smallest absolute Gasteiger partial charge is 0.308 e. The Morgan fingerprint density at radius 1 is 1.36 bits per heavy atom. The van der Waals surface area contributed by atoms with Crippen LogP contribution < -0.4 is 4.72 Å². The van der Waals surface area contributed by atoms with Crippen molar-refractivity contribution in [3.05, 3.63) is 11.5 Å². The van der Waals surface area contributed by atoms with Crippen LogP contribution in [0.1, 0.15) is 31.7 Å². The zero-order valence-electron chi connectivity index (χ0n) is 14.6. The van der Waals surface area contributed by atoms with Crippen molar-refractivity contribution in [3.63, 3.8) is 0 Å². The van der Waals surface area contributed by atoms with Gasteiger partial charge in [0.25, 0.3) is 0 Å². The van der Waals surface area contributed by atoms with E-state index >= 15 is 0 Å². The molecule has 0 aliphatic carbocycles. The molecule has 10 heteroatoms. The van der Waals surface area contributed by atoms with Gasteiger partial charge >= 0.3 is 5.97 Å². The number of carbonyl (C=O) groups is 2. The molecule has 0 radical (unpaired) electrons. The van der Waals surface area contributed by atoms with E-state index in [1.165, 1.54) is 25.7 Å². The normalized spacial score (nSPS) is 22.6. The summed E-state index contributed by atoms with van der Waals surface area (Å²) in [6.07, 6.45) is 0.498. The maximum atomic E-state index is 12.6. The number of nitrogens with one attached hydrogen (secondary N) is 1. The van der Waals surface area contributed by atoms with Gasteiger partial charge in [-0.1, -0.05) is 12.1 Å². The molecule has 9 nitrogen and oxygen atoms in total. The number of aliphatic carboxylic acids is 1. The van der Waals surface area contributed by atoms with Crippen LogP contribution in [0.15, 0.2) is 9.42 Å². The number of rotatable bonds is 5. The van der Waals surface area contributed by atoms with Crippen molar-refractivity contribution in [2.75, 3.05) is 13.1 Å². The summed E-state index contributed by atoms with van der Waals surface area (Å²) in [7, 11) is -3.97. The van der Waals surface area contributed by atoms with Gasteiger partial charge in [-0.05, 0) is 33.1 Å². The number of likely N-dealkylation sites (tertiary alicyclic amines) is 1. The number of hydrogen-bond acceptors (Lipinski definition) is 6. The molecule has 1 saturated heterocycles. The Labute approximate surface area is 146 Å².